The Hall–Kier alpha value is -2.12. The maximum absolute atomic E-state index is 8.80. The zero-order valence-corrected chi connectivity index (χ0v) is 11.3. The zero-order valence-electron chi connectivity index (χ0n) is 11.3. The molecule has 19 heavy (non-hydrogen) atoms. The zero-order chi connectivity index (χ0) is 13.7. The monoisotopic (exact) mass is 255 g/mol. The molecule has 0 N–H and O–H groups in total. The Morgan fingerprint density at radius 3 is 2.84 bits per heavy atom. The molecule has 2 aromatic rings. The van der Waals surface area contributed by atoms with Crippen molar-refractivity contribution in [1.29, 1.82) is 5.26 Å². The Balaban J connectivity index is 2.03. The van der Waals surface area contributed by atoms with Crippen molar-refractivity contribution in [3.8, 4) is 11.8 Å². The molecule has 0 aliphatic carbocycles. The highest BCUT2D eigenvalue weighted by Gasteiger charge is 2.00. The van der Waals surface area contributed by atoms with E-state index in [9.17, 15) is 0 Å². The summed E-state index contributed by atoms with van der Waals surface area (Å²) < 4.78 is 5.70. The van der Waals surface area contributed by atoms with Gasteiger partial charge in [-0.05, 0) is 50.8 Å². The first kappa shape index (κ1) is 13.3. The fourth-order valence-corrected chi connectivity index (χ4v) is 1.83. The molecule has 1 aromatic heterocycles. The van der Waals surface area contributed by atoms with Gasteiger partial charge < -0.3 is 9.64 Å². The number of hydrogen-bond donors (Lipinski definition) is 0. The first-order valence-corrected chi connectivity index (χ1v) is 6.27. The number of aromatic nitrogens is 1. The molecule has 1 heterocycles. The minimum Gasteiger partial charge on any atom is -0.494 e. The van der Waals surface area contributed by atoms with Crippen LogP contribution in [-0.2, 0) is 0 Å². The highest BCUT2D eigenvalue weighted by molar-refractivity contribution is 5.80. The summed E-state index contributed by atoms with van der Waals surface area (Å²) in [4.78, 5) is 6.37. The molecule has 0 atom stereocenters. The van der Waals surface area contributed by atoms with Crippen molar-refractivity contribution < 1.29 is 4.74 Å². The predicted octanol–water partition coefficient (Wildman–Crippen LogP) is 2.44. The molecule has 4 nitrogen and oxygen atoms in total. The second kappa shape index (κ2) is 6.17. The number of fused-ring (bicyclic) bond motifs is 1. The molecule has 0 radical (unpaired) electrons. The van der Waals surface area contributed by atoms with Crippen molar-refractivity contribution in [1.82, 2.24) is 9.88 Å². The summed E-state index contributed by atoms with van der Waals surface area (Å²) in [5.74, 6) is 0.845. The summed E-state index contributed by atoms with van der Waals surface area (Å²) >= 11 is 0. The van der Waals surface area contributed by atoms with E-state index in [0.29, 0.717) is 12.3 Å². The summed E-state index contributed by atoms with van der Waals surface area (Å²) in [6.07, 6.45) is 0.997. The second-order valence-electron chi connectivity index (χ2n) is 4.67. The maximum atomic E-state index is 8.80. The van der Waals surface area contributed by atoms with E-state index in [0.717, 1.165) is 29.6 Å². The standard InChI is InChI=1S/C15H17N3O/c1-18(2)8-3-9-19-14-6-7-15-12(10-14)4-5-13(11-16)17-15/h4-7,10H,3,8-9H2,1-2H3. The van der Waals surface area contributed by atoms with E-state index in [1.807, 2.05) is 30.3 Å². The average molecular weight is 255 g/mol. The van der Waals surface area contributed by atoms with E-state index in [4.69, 9.17) is 10.00 Å². The van der Waals surface area contributed by atoms with E-state index in [1.165, 1.54) is 0 Å². The van der Waals surface area contributed by atoms with E-state index in [1.54, 1.807) is 6.07 Å². The van der Waals surface area contributed by atoms with Gasteiger partial charge in [0.15, 0.2) is 0 Å². The summed E-state index contributed by atoms with van der Waals surface area (Å²) in [6, 6.07) is 11.4. The molecule has 0 spiro atoms. The van der Waals surface area contributed by atoms with Gasteiger partial charge in [-0.25, -0.2) is 4.98 Å². The molecular weight excluding hydrogens is 238 g/mol. The minimum atomic E-state index is 0.437. The number of nitrogens with zero attached hydrogens (tertiary/aromatic N) is 3. The van der Waals surface area contributed by atoms with Gasteiger partial charge in [-0.2, -0.15) is 5.26 Å². The Labute approximate surface area is 113 Å². The molecule has 0 saturated heterocycles. The normalized spacial score (nSPS) is 10.6. The Morgan fingerprint density at radius 2 is 2.11 bits per heavy atom. The van der Waals surface area contributed by atoms with E-state index < -0.39 is 0 Å². The van der Waals surface area contributed by atoms with Crippen molar-refractivity contribution in [2.45, 2.75) is 6.42 Å². The van der Waals surface area contributed by atoms with Crippen LogP contribution in [0.5, 0.6) is 5.75 Å². The van der Waals surface area contributed by atoms with Gasteiger partial charge in [0.2, 0.25) is 0 Å². The average Bonchev–Trinajstić information content (AvgIpc) is 2.42. The molecule has 1 aromatic carbocycles. The lowest BCUT2D eigenvalue weighted by molar-refractivity contribution is 0.282. The summed E-state index contributed by atoms with van der Waals surface area (Å²) in [5, 5.41) is 9.79. The Bertz CT molecular complexity index is 602. The topological polar surface area (TPSA) is 49.1 Å². The molecule has 2 rings (SSSR count). The highest BCUT2D eigenvalue weighted by Crippen LogP contribution is 2.19. The van der Waals surface area contributed by atoms with Gasteiger partial charge in [-0.3, -0.25) is 0 Å². The predicted molar refractivity (Wildman–Crippen MR) is 75.1 cm³/mol. The van der Waals surface area contributed by atoms with Crippen molar-refractivity contribution in [3.63, 3.8) is 0 Å². The third-order valence-electron chi connectivity index (χ3n) is 2.79. The number of ether oxygens (including phenoxy) is 1. The van der Waals surface area contributed by atoms with Crippen molar-refractivity contribution in [2.24, 2.45) is 0 Å². The fraction of sp³-hybridized carbons (Fsp3) is 0.333. The smallest absolute Gasteiger partial charge is 0.141 e. The van der Waals surface area contributed by atoms with Crippen LogP contribution >= 0.6 is 0 Å². The van der Waals surface area contributed by atoms with E-state index in [-0.39, 0.29) is 0 Å². The van der Waals surface area contributed by atoms with Gasteiger partial charge >= 0.3 is 0 Å². The van der Waals surface area contributed by atoms with Gasteiger partial charge in [0, 0.05) is 11.9 Å². The third-order valence-corrected chi connectivity index (χ3v) is 2.79. The quantitative estimate of drug-likeness (QED) is 0.770. The SMILES string of the molecule is CN(C)CCCOc1ccc2nc(C#N)ccc2c1. The van der Waals surface area contributed by atoms with E-state index in [2.05, 4.69) is 24.0 Å². The van der Waals surface area contributed by atoms with Crippen LogP contribution in [0.1, 0.15) is 12.1 Å². The Morgan fingerprint density at radius 1 is 1.26 bits per heavy atom. The lowest BCUT2D eigenvalue weighted by Gasteiger charge is -2.10. The van der Waals surface area contributed by atoms with Crippen LogP contribution in [0.4, 0.5) is 0 Å². The molecule has 0 aliphatic heterocycles. The van der Waals surface area contributed by atoms with Gasteiger partial charge in [-0.1, -0.05) is 0 Å². The van der Waals surface area contributed by atoms with Gasteiger partial charge in [-0.15, -0.1) is 0 Å². The van der Waals surface area contributed by atoms with Gasteiger partial charge in [0.25, 0.3) is 0 Å². The molecule has 0 fully saturated rings. The molecule has 0 bridgehead atoms. The van der Waals surface area contributed by atoms with Crippen molar-refractivity contribution in [3.05, 3.63) is 36.0 Å². The number of pyridine rings is 1. The van der Waals surface area contributed by atoms with Crippen LogP contribution in [0.3, 0.4) is 0 Å². The summed E-state index contributed by atoms with van der Waals surface area (Å²) in [5.41, 5.74) is 1.26. The van der Waals surface area contributed by atoms with Gasteiger partial charge in [0.05, 0.1) is 12.1 Å². The molecule has 4 heteroatoms. The first-order valence-electron chi connectivity index (χ1n) is 6.27. The molecule has 0 unspecified atom stereocenters. The van der Waals surface area contributed by atoms with Crippen LogP contribution in [0.15, 0.2) is 30.3 Å². The lowest BCUT2D eigenvalue weighted by Crippen LogP contribution is -2.15. The van der Waals surface area contributed by atoms with E-state index >= 15 is 0 Å². The molecule has 0 saturated carbocycles. The molecule has 0 aliphatic rings. The summed E-state index contributed by atoms with van der Waals surface area (Å²) in [6.45, 7) is 1.72. The molecule has 0 amide bonds. The van der Waals surface area contributed by atoms with Crippen molar-refractivity contribution >= 4 is 10.9 Å². The fourth-order valence-electron chi connectivity index (χ4n) is 1.83. The van der Waals surface area contributed by atoms with Gasteiger partial charge in [0.1, 0.15) is 17.5 Å². The maximum Gasteiger partial charge on any atom is 0.141 e. The Kier molecular flexibility index (Phi) is 4.32. The largest absolute Gasteiger partial charge is 0.494 e. The van der Waals surface area contributed by atoms with Crippen molar-refractivity contribution in [2.75, 3.05) is 27.2 Å². The van der Waals surface area contributed by atoms with Crippen LogP contribution in [0, 0.1) is 11.3 Å². The molecular formula is C15H17N3O. The molecule has 98 valence electrons. The van der Waals surface area contributed by atoms with Crippen LogP contribution in [0.25, 0.3) is 10.9 Å². The van der Waals surface area contributed by atoms with Crippen LogP contribution < -0.4 is 4.74 Å². The number of benzene rings is 1. The number of hydrogen-bond acceptors (Lipinski definition) is 4. The summed E-state index contributed by atoms with van der Waals surface area (Å²) in [7, 11) is 4.10. The highest BCUT2D eigenvalue weighted by atomic mass is 16.5. The third kappa shape index (κ3) is 3.67. The first-order chi connectivity index (χ1) is 9.19. The second-order valence-corrected chi connectivity index (χ2v) is 4.67. The minimum absolute atomic E-state index is 0.437. The van der Waals surface area contributed by atoms with Crippen LogP contribution in [-0.4, -0.2) is 37.1 Å². The lowest BCUT2D eigenvalue weighted by atomic mass is 10.2. The van der Waals surface area contributed by atoms with Crippen LogP contribution in [0.2, 0.25) is 0 Å². The number of nitriles is 1. The number of rotatable bonds is 5.